The Hall–Kier alpha value is -1.81. The van der Waals surface area contributed by atoms with Crippen LogP contribution in [0.1, 0.15) is 57.4 Å². The summed E-state index contributed by atoms with van der Waals surface area (Å²) in [4.78, 5) is 27.3. The standard InChI is InChI=1S/C21H27ClN2O2/c1-15(14-16-9-11-17(22)12-10-16)21(26)24-13-5-8-19(24)20(25)23-18-6-3-2-4-7-18/h9-12,14,18-19H,2-8,13H2,1H3,(H,23,25)/b15-14+/t19-/m0/s1. The van der Waals surface area contributed by atoms with Gasteiger partial charge in [0.1, 0.15) is 6.04 Å². The zero-order valence-corrected chi connectivity index (χ0v) is 16.1. The van der Waals surface area contributed by atoms with E-state index in [1.54, 1.807) is 17.0 Å². The van der Waals surface area contributed by atoms with Crippen molar-refractivity contribution >= 4 is 29.5 Å². The lowest BCUT2D eigenvalue weighted by atomic mass is 9.95. The third kappa shape index (κ3) is 4.67. The van der Waals surface area contributed by atoms with Crippen molar-refractivity contribution in [2.24, 2.45) is 0 Å². The highest BCUT2D eigenvalue weighted by molar-refractivity contribution is 6.30. The number of hydrogen-bond donors (Lipinski definition) is 1. The number of likely N-dealkylation sites (tertiary alicyclic amines) is 1. The molecule has 0 aromatic heterocycles. The number of nitrogens with zero attached hydrogens (tertiary/aromatic N) is 1. The second kappa shape index (κ2) is 8.72. The number of hydrogen-bond acceptors (Lipinski definition) is 2. The lowest BCUT2D eigenvalue weighted by Crippen LogP contribution is -2.49. The Morgan fingerprint density at radius 3 is 2.46 bits per heavy atom. The van der Waals surface area contributed by atoms with Crippen LogP contribution in [0.4, 0.5) is 0 Å². The van der Waals surface area contributed by atoms with E-state index in [0.29, 0.717) is 17.1 Å². The van der Waals surface area contributed by atoms with E-state index in [4.69, 9.17) is 11.6 Å². The first-order chi connectivity index (χ1) is 12.5. The minimum atomic E-state index is -0.335. The van der Waals surface area contributed by atoms with E-state index in [2.05, 4.69) is 5.32 Å². The molecule has 1 atom stereocenters. The molecule has 1 aliphatic carbocycles. The van der Waals surface area contributed by atoms with Gasteiger partial charge in [0.2, 0.25) is 11.8 Å². The summed E-state index contributed by atoms with van der Waals surface area (Å²) in [5.74, 6) is -0.0386. The van der Waals surface area contributed by atoms with Gasteiger partial charge in [0.25, 0.3) is 0 Å². The van der Waals surface area contributed by atoms with Crippen LogP contribution in [0.2, 0.25) is 5.02 Å². The Morgan fingerprint density at radius 2 is 1.77 bits per heavy atom. The van der Waals surface area contributed by atoms with E-state index in [1.165, 1.54) is 19.3 Å². The van der Waals surface area contributed by atoms with Crippen molar-refractivity contribution in [1.29, 1.82) is 0 Å². The first kappa shape index (κ1) is 19.0. The number of halogens is 1. The molecule has 4 nitrogen and oxygen atoms in total. The monoisotopic (exact) mass is 374 g/mol. The van der Waals surface area contributed by atoms with Crippen molar-refractivity contribution in [2.45, 2.75) is 64.0 Å². The van der Waals surface area contributed by atoms with Crippen molar-refractivity contribution in [3.63, 3.8) is 0 Å². The fourth-order valence-electron chi connectivity index (χ4n) is 3.92. The van der Waals surface area contributed by atoms with Gasteiger partial charge in [0.15, 0.2) is 0 Å². The molecule has 26 heavy (non-hydrogen) atoms. The Labute approximate surface area is 160 Å². The van der Waals surface area contributed by atoms with Gasteiger partial charge in [-0.3, -0.25) is 9.59 Å². The molecule has 3 rings (SSSR count). The molecule has 2 fully saturated rings. The van der Waals surface area contributed by atoms with Gasteiger partial charge in [-0.15, -0.1) is 0 Å². The molecular weight excluding hydrogens is 348 g/mol. The molecule has 1 saturated heterocycles. The van der Waals surface area contributed by atoms with Gasteiger partial charge in [0, 0.05) is 23.2 Å². The third-order valence-corrected chi connectivity index (χ3v) is 5.61. The predicted molar refractivity (Wildman–Crippen MR) is 105 cm³/mol. The van der Waals surface area contributed by atoms with Crippen LogP contribution in [0.25, 0.3) is 6.08 Å². The summed E-state index contributed by atoms with van der Waals surface area (Å²) in [5.41, 5.74) is 1.58. The quantitative estimate of drug-likeness (QED) is 0.803. The second-order valence-corrected chi connectivity index (χ2v) is 7.82. The molecular formula is C21H27ClN2O2. The van der Waals surface area contributed by atoms with E-state index in [0.717, 1.165) is 31.2 Å². The molecule has 2 aliphatic rings. The molecule has 1 aliphatic heterocycles. The van der Waals surface area contributed by atoms with Gasteiger partial charge < -0.3 is 10.2 Å². The van der Waals surface area contributed by atoms with E-state index in [1.807, 2.05) is 25.1 Å². The first-order valence-electron chi connectivity index (χ1n) is 9.60. The number of nitrogens with one attached hydrogen (secondary N) is 1. The Balaban J connectivity index is 1.65. The van der Waals surface area contributed by atoms with Crippen LogP contribution in [0.5, 0.6) is 0 Å². The number of amides is 2. The molecule has 1 aromatic rings. The summed E-state index contributed by atoms with van der Waals surface area (Å²) in [6, 6.07) is 7.33. The summed E-state index contributed by atoms with van der Waals surface area (Å²) in [7, 11) is 0. The van der Waals surface area contributed by atoms with Crippen LogP contribution in [-0.2, 0) is 9.59 Å². The van der Waals surface area contributed by atoms with Crippen LogP contribution >= 0.6 is 11.6 Å². The Kier molecular flexibility index (Phi) is 6.36. The average Bonchev–Trinajstić information content (AvgIpc) is 3.13. The maximum absolute atomic E-state index is 12.9. The van der Waals surface area contributed by atoms with Gasteiger partial charge in [-0.25, -0.2) is 0 Å². The lowest BCUT2D eigenvalue weighted by Gasteiger charge is -2.28. The Bertz CT molecular complexity index is 678. The molecule has 0 spiro atoms. The fraction of sp³-hybridized carbons (Fsp3) is 0.524. The normalized spacial score (nSPS) is 21.7. The van der Waals surface area contributed by atoms with Crippen LogP contribution in [0.15, 0.2) is 29.8 Å². The van der Waals surface area contributed by atoms with Gasteiger partial charge in [-0.1, -0.05) is 43.0 Å². The summed E-state index contributed by atoms with van der Waals surface area (Å²) >= 11 is 5.91. The van der Waals surface area contributed by atoms with Crippen molar-refractivity contribution < 1.29 is 9.59 Å². The minimum Gasteiger partial charge on any atom is -0.352 e. The molecule has 1 N–H and O–H groups in total. The van der Waals surface area contributed by atoms with E-state index in [9.17, 15) is 9.59 Å². The number of benzene rings is 1. The average molecular weight is 375 g/mol. The highest BCUT2D eigenvalue weighted by atomic mass is 35.5. The summed E-state index contributed by atoms with van der Waals surface area (Å²) in [5, 5.41) is 3.84. The van der Waals surface area contributed by atoms with Gasteiger partial charge in [-0.2, -0.15) is 0 Å². The second-order valence-electron chi connectivity index (χ2n) is 7.38. The largest absolute Gasteiger partial charge is 0.352 e. The zero-order chi connectivity index (χ0) is 18.5. The molecule has 0 radical (unpaired) electrons. The fourth-order valence-corrected chi connectivity index (χ4v) is 4.05. The maximum Gasteiger partial charge on any atom is 0.250 e. The van der Waals surface area contributed by atoms with Crippen LogP contribution in [0, 0.1) is 0 Å². The highest BCUT2D eigenvalue weighted by Crippen LogP contribution is 2.23. The summed E-state index contributed by atoms with van der Waals surface area (Å²) in [6.07, 6.45) is 9.22. The highest BCUT2D eigenvalue weighted by Gasteiger charge is 2.35. The zero-order valence-electron chi connectivity index (χ0n) is 15.3. The molecule has 1 heterocycles. The number of carbonyl (C=O) groups is 2. The predicted octanol–water partition coefficient (Wildman–Crippen LogP) is 4.18. The van der Waals surface area contributed by atoms with Gasteiger partial charge in [0.05, 0.1) is 0 Å². The molecule has 140 valence electrons. The molecule has 2 amide bonds. The SMILES string of the molecule is C/C(=C\c1ccc(Cl)cc1)C(=O)N1CCC[C@H]1C(=O)NC1CCCCC1. The Morgan fingerprint density at radius 1 is 1.08 bits per heavy atom. The molecule has 1 aromatic carbocycles. The molecule has 1 saturated carbocycles. The summed E-state index contributed by atoms with van der Waals surface area (Å²) in [6.45, 7) is 2.46. The smallest absolute Gasteiger partial charge is 0.250 e. The van der Waals surface area contributed by atoms with Gasteiger partial charge in [-0.05, 0) is 56.4 Å². The topological polar surface area (TPSA) is 49.4 Å². The van der Waals surface area contributed by atoms with E-state index in [-0.39, 0.29) is 23.9 Å². The summed E-state index contributed by atoms with van der Waals surface area (Å²) < 4.78 is 0. The molecule has 0 unspecified atom stereocenters. The van der Waals surface area contributed by atoms with Crippen molar-refractivity contribution in [3.8, 4) is 0 Å². The van der Waals surface area contributed by atoms with E-state index < -0.39 is 0 Å². The maximum atomic E-state index is 12.9. The first-order valence-corrected chi connectivity index (χ1v) is 9.97. The van der Waals surface area contributed by atoms with Gasteiger partial charge >= 0.3 is 0 Å². The number of carbonyl (C=O) groups excluding carboxylic acids is 2. The van der Waals surface area contributed by atoms with Crippen LogP contribution in [-0.4, -0.2) is 35.3 Å². The molecule has 0 bridgehead atoms. The minimum absolute atomic E-state index is 0.0158. The lowest BCUT2D eigenvalue weighted by molar-refractivity contribution is -0.136. The van der Waals surface area contributed by atoms with Crippen LogP contribution < -0.4 is 5.32 Å². The van der Waals surface area contributed by atoms with Crippen molar-refractivity contribution in [2.75, 3.05) is 6.54 Å². The third-order valence-electron chi connectivity index (χ3n) is 5.36. The van der Waals surface area contributed by atoms with Crippen LogP contribution in [0.3, 0.4) is 0 Å². The molecule has 5 heteroatoms. The van der Waals surface area contributed by atoms with Crippen molar-refractivity contribution in [1.82, 2.24) is 10.2 Å². The number of rotatable bonds is 4. The van der Waals surface area contributed by atoms with E-state index >= 15 is 0 Å². The van der Waals surface area contributed by atoms with Crippen molar-refractivity contribution in [3.05, 3.63) is 40.4 Å².